The van der Waals surface area contributed by atoms with E-state index in [0.717, 1.165) is 41.8 Å². The van der Waals surface area contributed by atoms with Crippen molar-refractivity contribution in [2.45, 2.75) is 12.8 Å². The number of aryl methyl sites for hydroxylation is 2. The lowest BCUT2D eigenvalue weighted by Crippen LogP contribution is -2.13. The van der Waals surface area contributed by atoms with Gasteiger partial charge in [-0.2, -0.15) is 0 Å². The van der Waals surface area contributed by atoms with Crippen LogP contribution < -0.4 is 5.32 Å². The van der Waals surface area contributed by atoms with E-state index in [4.69, 9.17) is 0 Å². The Morgan fingerprint density at radius 3 is 2.15 bits per heavy atom. The summed E-state index contributed by atoms with van der Waals surface area (Å²) in [5, 5.41) is 26.8. The molecule has 0 aliphatic heterocycles. The fourth-order valence-corrected chi connectivity index (χ4v) is 3.49. The van der Waals surface area contributed by atoms with Crippen molar-refractivity contribution in [3.05, 3.63) is 85.4 Å². The van der Waals surface area contributed by atoms with Gasteiger partial charge in [0, 0.05) is 23.2 Å². The van der Waals surface area contributed by atoms with Gasteiger partial charge in [0.05, 0.1) is 21.5 Å². The summed E-state index contributed by atoms with van der Waals surface area (Å²) in [6.45, 7) is 0. The number of rotatable bonds is 4. The highest BCUT2D eigenvalue weighted by Crippen LogP contribution is 2.35. The molecule has 0 bridgehead atoms. The molecule has 3 aromatic rings. The summed E-state index contributed by atoms with van der Waals surface area (Å²) in [6, 6.07) is 12.5. The Bertz CT molecular complexity index is 1100. The Labute approximate surface area is 152 Å². The smallest absolute Gasteiger partial charge is 0.277 e. The van der Waals surface area contributed by atoms with Crippen molar-refractivity contribution in [3.8, 4) is 0 Å². The number of hydrogen-bond donors (Lipinski definition) is 1. The zero-order chi connectivity index (χ0) is 19.1. The first-order valence-corrected chi connectivity index (χ1v) is 8.23. The highest BCUT2D eigenvalue weighted by atomic mass is 16.6. The second-order valence-corrected chi connectivity index (χ2v) is 6.32. The topological polar surface area (TPSA) is 115 Å². The van der Waals surface area contributed by atoms with Crippen LogP contribution in [-0.2, 0) is 12.8 Å². The Hall–Kier alpha value is -3.81. The van der Waals surface area contributed by atoms with Crippen LogP contribution in [0.1, 0.15) is 21.5 Å². The monoisotopic (exact) mass is 363 g/mol. The molecule has 0 unspecified atom stereocenters. The predicted octanol–water partition coefficient (Wildman–Crippen LogP) is 4.01. The van der Waals surface area contributed by atoms with E-state index >= 15 is 0 Å². The van der Waals surface area contributed by atoms with Gasteiger partial charge in [-0.15, -0.1) is 0 Å². The molecule has 0 aromatic heterocycles. The average Bonchev–Trinajstić information content (AvgIpc) is 3.08. The zero-order valence-electron chi connectivity index (χ0n) is 14.0. The van der Waals surface area contributed by atoms with Gasteiger partial charge in [-0.05, 0) is 35.4 Å². The standard InChI is InChI=1S/C19H13N3O5/c23-19(13-8-14(21(24)25)10-15(9-13)22(26)27)20-17-7-6-12-5-4-11-2-1-3-16(17)18(11)12/h1-3,6-10H,4-5H2,(H,20,23). The first-order valence-electron chi connectivity index (χ1n) is 8.23. The molecule has 0 spiro atoms. The maximum atomic E-state index is 12.6. The van der Waals surface area contributed by atoms with Crippen molar-refractivity contribution >= 4 is 33.7 Å². The molecule has 0 saturated heterocycles. The minimum Gasteiger partial charge on any atom is -0.321 e. The van der Waals surface area contributed by atoms with Crippen LogP contribution in [0.25, 0.3) is 10.8 Å². The number of amides is 1. The molecule has 4 rings (SSSR count). The SMILES string of the molecule is O=C(Nc1ccc2c3c(cccc13)CC2)c1cc([N+](=O)[O-])cc([N+](=O)[O-])c1. The van der Waals surface area contributed by atoms with Crippen molar-refractivity contribution in [1.82, 2.24) is 0 Å². The molecule has 3 aromatic carbocycles. The van der Waals surface area contributed by atoms with Crippen molar-refractivity contribution in [2.75, 3.05) is 5.32 Å². The Morgan fingerprint density at radius 2 is 1.52 bits per heavy atom. The van der Waals surface area contributed by atoms with Gasteiger partial charge in [-0.1, -0.05) is 24.3 Å². The second kappa shape index (κ2) is 6.17. The molecule has 0 atom stereocenters. The minimum atomic E-state index is -0.761. The van der Waals surface area contributed by atoms with Gasteiger partial charge in [-0.25, -0.2) is 0 Å². The molecule has 134 valence electrons. The quantitative estimate of drug-likeness (QED) is 0.555. The van der Waals surface area contributed by atoms with E-state index in [0.29, 0.717) is 5.69 Å². The third-order valence-corrected chi connectivity index (χ3v) is 4.71. The summed E-state index contributed by atoms with van der Waals surface area (Å²) in [5.41, 5.74) is 1.84. The van der Waals surface area contributed by atoms with E-state index in [2.05, 4.69) is 5.32 Å². The number of anilines is 1. The molecule has 0 radical (unpaired) electrons. The van der Waals surface area contributed by atoms with Gasteiger partial charge in [-0.3, -0.25) is 25.0 Å². The number of hydrogen-bond acceptors (Lipinski definition) is 5. The average molecular weight is 363 g/mol. The number of nitro benzene ring substituents is 2. The normalized spacial score (nSPS) is 12.1. The Kier molecular flexibility index (Phi) is 3.80. The van der Waals surface area contributed by atoms with Crippen molar-refractivity contribution in [2.24, 2.45) is 0 Å². The maximum Gasteiger partial charge on any atom is 0.277 e. The molecular formula is C19H13N3O5. The van der Waals surface area contributed by atoms with E-state index in [-0.39, 0.29) is 5.56 Å². The van der Waals surface area contributed by atoms with Crippen LogP contribution in [0, 0.1) is 20.2 Å². The third kappa shape index (κ3) is 2.86. The van der Waals surface area contributed by atoms with Crippen LogP contribution >= 0.6 is 0 Å². The third-order valence-electron chi connectivity index (χ3n) is 4.71. The summed E-state index contributed by atoms with van der Waals surface area (Å²) < 4.78 is 0. The second-order valence-electron chi connectivity index (χ2n) is 6.32. The molecule has 1 amide bonds. The number of benzene rings is 3. The summed E-state index contributed by atoms with van der Waals surface area (Å²) in [7, 11) is 0. The van der Waals surface area contributed by atoms with Crippen molar-refractivity contribution < 1.29 is 14.6 Å². The Morgan fingerprint density at radius 1 is 0.889 bits per heavy atom. The van der Waals surface area contributed by atoms with Gasteiger partial charge in [0.25, 0.3) is 17.3 Å². The maximum absolute atomic E-state index is 12.6. The number of nitrogens with one attached hydrogen (secondary N) is 1. The van der Waals surface area contributed by atoms with Gasteiger partial charge < -0.3 is 5.32 Å². The van der Waals surface area contributed by atoms with Crippen LogP contribution in [0.2, 0.25) is 0 Å². The minimum absolute atomic E-state index is 0.140. The summed E-state index contributed by atoms with van der Waals surface area (Å²) in [5.74, 6) is -0.638. The molecule has 8 nitrogen and oxygen atoms in total. The van der Waals surface area contributed by atoms with Gasteiger partial charge in [0.1, 0.15) is 0 Å². The van der Waals surface area contributed by atoms with Gasteiger partial charge >= 0.3 is 0 Å². The summed E-state index contributed by atoms with van der Waals surface area (Å²) >= 11 is 0. The van der Waals surface area contributed by atoms with E-state index in [1.54, 1.807) is 6.07 Å². The van der Waals surface area contributed by atoms with Crippen LogP contribution in [0.3, 0.4) is 0 Å². The highest BCUT2D eigenvalue weighted by molar-refractivity contribution is 6.10. The number of carbonyl (C=O) groups excluding carboxylic acids is 1. The van der Waals surface area contributed by atoms with E-state index in [9.17, 15) is 25.0 Å². The highest BCUT2D eigenvalue weighted by Gasteiger charge is 2.21. The molecule has 0 fully saturated rings. The molecular weight excluding hydrogens is 350 g/mol. The molecule has 1 aliphatic rings. The van der Waals surface area contributed by atoms with Crippen LogP contribution in [0.5, 0.6) is 0 Å². The molecule has 27 heavy (non-hydrogen) atoms. The van der Waals surface area contributed by atoms with Gasteiger partial charge in [0.15, 0.2) is 0 Å². The molecule has 8 heteroatoms. The molecule has 0 saturated carbocycles. The van der Waals surface area contributed by atoms with E-state index in [1.807, 2.05) is 24.3 Å². The number of non-ortho nitro benzene ring substituents is 2. The first-order chi connectivity index (χ1) is 12.9. The van der Waals surface area contributed by atoms with Crippen LogP contribution in [0.15, 0.2) is 48.5 Å². The summed E-state index contributed by atoms with van der Waals surface area (Å²) in [4.78, 5) is 33.1. The van der Waals surface area contributed by atoms with Crippen molar-refractivity contribution in [3.63, 3.8) is 0 Å². The van der Waals surface area contributed by atoms with E-state index in [1.165, 1.54) is 11.1 Å². The largest absolute Gasteiger partial charge is 0.321 e. The zero-order valence-corrected chi connectivity index (χ0v) is 14.0. The number of nitrogens with zero attached hydrogens (tertiary/aromatic N) is 2. The lowest BCUT2D eigenvalue weighted by Gasteiger charge is -2.10. The van der Waals surface area contributed by atoms with Crippen LogP contribution in [-0.4, -0.2) is 15.8 Å². The fourth-order valence-electron chi connectivity index (χ4n) is 3.49. The molecule has 1 N–H and O–H groups in total. The number of carbonyl (C=O) groups is 1. The fraction of sp³-hybridized carbons (Fsp3) is 0.105. The van der Waals surface area contributed by atoms with Crippen molar-refractivity contribution in [1.29, 1.82) is 0 Å². The lowest BCUT2D eigenvalue weighted by atomic mass is 10.0. The summed E-state index contributed by atoms with van der Waals surface area (Å²) in [6.07, 6.45) is 1.89. The first kappa shape index (κ1) is 16.6. The number of nitro groups is 2. The molecule has 0 heterocycles. The predicted molar refractivity (Wildman–Crippen MR) is 99.1 cm³/mol. The Balaban J connectivity index is 1.75. The van der Waals surface area contributed by atoms with E-state index < -0.39 is 27.1 Å². The lowest BCUT2D eigenvalue weighted by molar-refractivity contribution is -0.394. The van der Waals surface area contributed by atoms with Crippen LogP contribution in [0.4, 0.5) is 17.1 Å². The van der Waals surface area contributed by atoms with Gasteiger partial charge in [0.2, 0.25) is 0 Å². The molecule has 1 aliphatic carbocycles.